The van der Waals surface area contributed by atoms with Gasteiger partial charge in [-0.15, -0.1) is 0 Å². The van der Waals surface area contributed by atoms with Crippen LogP contribution in [-0.4, -0.2) is 119 Å². The second-order valence-corrected chi connectivity index (χ2v) is 31.0. The van der Waals surface area contributed by atoms with E-state index in [1.807, 2.05) is 58.3 Å². The van der Waals surface area contributed by atoms with E-state index in [0.717, 1.165) is 154 Å². The lowest BCUT2D eigenvalue weighted by Crippen LogP contribution is -2.34. The lowest BCUT2D eigenvalue weighted by Gasteiger charge is -2.24. The molecule has 0 fully saturated rings. The summed E-state index contributed by atoms with van der Waals surface area (Å²) in [6.07, 6.45) is 56.1. The van der Waals surface area contributed by atoms with Crippen molar-refractivity contribution in [1.29, 1.82) is 0 Å². The summed E-state index contributed by atoms with van der Waals surface area (Å²) in [5.41, 5.74) is 1.41. The van der Waals surface area contributed by atoms with Gasteiger partial charge in [0.15, 0.2) is 0 Å². The minimum atomic E-state index is -0.0836. The number of rotatable bonds is 74. The maximum absolute atomic E-state index is 6.97. The van der Waals surface area contributed by atoms with Gasteiger partial charge in [0.05, 0.1) is 11.4 Å². The molecule has 2 aromatic carbocycles. The molecule has 0 saturated heterocycles. The SMILES string of the molecule is CCCCCCCCNc1nc(NCCCCCCCC)nc(N(c2ccc(OCOc3ccc(N(c4nc(NCCCCCCCC)nc(NCCCCCCCC)n4)c4nc(NCCCCCCCC)nc(N(N)CCCCCCCC)n4)cc3)cc2)c2nc(NCCCCCCCC)nc(NCCCCCCCC)n2)n1. The van der Waals surface area contributed by atoms with E-state index in [0.29, 0.717) is 102 Å². The van der Waals surface area contributed by atoms with Crippen LogP contribution in [0.5, 0.6) is 11.5 Å². The largest absolute Gasteiger partial charge is 0.458 e. The number of nitrogens with two attached hydrogens (primary N) is 1. The molecule has 4 aromatic heterocycles. The van der Waals surface area contributed by atoms with Crippen molar-refractivity contribution in [1.82, 2.24) is 59.8 Å². The predicted octanol–water partition coefficient (Wildman–Crippen LogP) is 24.2. The summed E-state index contributed by atoms with van der Waals surface area (Å²) in [5, 5.41) is 26.7. The van der Waals surface area contributed by atoms with E-state index in [-0.39, 0.29) is 6.79 Å². The van der Waals surface area contributed by atoms with Crippen LogP contribution in [0, 0.1) is 0 Å². The summed E-state index contributed by atoms with van der Waals surface area (Å²) in [4.78, 5) is 65.1. The quantitative estimate of drug-likeness (QED) is 0.00762. The van der Waals surface area contributed by atoms with Crippen LogP contribution in [0.1, 0.15) is 364 Å². The van der Waals surface area contributed by atoms with Crippen molar-refractivity contribution in [3.8, 4) is 11.5 Å². The highest BCUT2D eigenvalue weighted by Crippen LogP contribution is 2.36. The van der Waals surface area contributed by atoms with Crippen molar-refractivity contribution in [2.75, 3.05) is 111 Å². The highest BCUT2D eigenvalue weighted by Gasteiger charge is 2.26. The van der Waals surface area contributed by atoms with Crippen LogP contribution in [0.15, 0.2) is 48.5 Å². The molecule has 6 rings (SSSR count). The third-order valence-electron chi connectivity index (χ3n) is 20.6. The van der Waals surface area contributed by atoms with Crippen molar-refractivity contribution in [2.24, 2.45) is 5.84 Å². The Morgan fingerprint density at radius 1 is 0.228 bits per heavy atom. The zero-order valence-corrected chi connectivity index (χ0v) is 72.5. The third-order valence-corrected chi connectivity index (χ3v) is 20.6. The fraction of sp³-hybridized carbons (Fsp3) is 0.730. The molecule has 0 spiro atoms. The van der Waals surface area contributed by atoms with Crippen LogP contribution in [0.25, 0.3) is 0 Å². The highest BCUT2D eigenvalue weighted by atomic mass is 16.7. The van der Waals surface area contributed by atoms with Crippen molar-refractivity contribution in [2.45, 2.75) is 364 Å². The number of anilines is 14. The van der Waals surface area contributed by atoms with Gasteiger partial charge in [0.25, 0.3) is 0 Å². The number of hydrazine groups is 1. The molecule has 114 heavy (non-hydrogen) atoms. The molecule has 0 unspecified atom stereocenters. The van der Waals surface area contributed by atoms with Crippen LogP contribution in [0.2, 0.25) is 0 Å². The lowest BCUT2D eigenvalue weighted by atomic mass is 10.1. The predicted molar refractivity (Wildman–Crippen MR) is 480 cm³/mol. The molecule has 0 saturated carbocycles. The van der Waals surface area contributed by atoms with Crippen molar-refractivity contribution in [3.05, 3.63) is 48.5 Å². The molecular weight excluding hydrogens is 1420 g/mol. The summed E-state index contributed by atoms with van der Waals surface area (Å²) < 4.78 is 12.9. The minimum Gasteiger partial charge on any atom is -0.458 e. The maximum Gasteiger partial charge on any atom is 0.246 e. The lowest BCUT2D eigenvalue weighted by molar-refractivity contribution is 0.120. The van der Waals surface area contributed by atoms with Gasteiger partial charge in [0.1, 0.15) is 11.5 Å². The summed E-state index contributed by atoms with van der Waals surface area (Å²) in [5.74, 6) is 13.2. The Morgan fingerprint density at radius 2 is 0.421 bits per heavy atom. The first-order valence-corrected chi connectivity index (χ1v) is 46.0. The molecule has 6 aromatic rings. The number of benzene rings is 2. The molecule has 4 heterocycles. The van der Waals surface area contributed by atoms with Gasteiger partial charge >= 0.3 is 0 Å². The first-order valence-electron chi connectivity index (χ1n) is 46.0. The van der Waals surface area contributed by atoms with E-state index >= 15 is 0 Å². The summed E-state index contributed by atoms with van der Waals surface area (Å²) in [6, 6.07) is 15.6. The third kappa shape index (κ3) is 40.6. The average molecular weight is 1580 g/mol. The summed E-state index contributed by atoms with van der Waals surface area (Å²) in [7, 11) is 0. The fourth-order valence-electron chi connectivity index (χ4n) is 13.6. The number of hydrogen-bond donors (Lipinski definition) is 8. The highest BCUT2D eigenvalue weighted by molar-refractivity contribution is 5.72. The van der Waals surface area contributed by atoms with Gasteiger partial charge in [0, 0.05) is 52.4 Å². The average Bonchev–Trinajstić information content (AvgIpc) is 0.793. The Kier molecular flexibility index (Phi) is 51.9. The van der Waals surface area contributed by atoms with Gasteiger partial charge < -0.3 is 46.7 Å². The van der Waals surface area contributed by atoms with E-state index in [1.165, 1.54) is 199 Å². The molecule has 0 amide bonds. The Labute approximate surface area is 689 Å². The van der Waals surface area contributed by atoms with Gasteiger partial charge in [-0.2, -0.15) is 59.8 Å². The molecule has 0 atom stereocenters. The molecule has 0 aliphatic rings. The second kappa shape index (κ2) is 62.3. The first kappa shape index (κ1) is 94.9. The number of aromatic nitrogens is 12. The molecule has 25 heteroatoms. The normalized spacial score (nSPS) is 11.3. The Hall–Kier alpha value is -7.96. The van der Waals surface area contributed by atoms with Gasteiger partial charge in [-0.3, -0.25) is 5.01 Å². The Morgan fingerprint density at radius 3 is 0.658 bits per heavy atom. The van der Waals surface area contributed by atoms with Crippen LogP contribution in [0.4, 0.5) is 82.8 Å². The number of ether oxygens (including phenoxy) is 2. The molecule has 9 N–H and O–H groups in total. The smallest absolute Gasteiger partial charge is 0.246 e. The topological polar surface area (TPSA) is 293 Å². The standard InChI is InChI=1S/C89H155N23O2/c1-9-17-25-33-41-49-65-91-78-98-79(92-66-50-42-34-26-18-10-2)103-86(102-78)111(87-104-80(93-67-51-43-35-27-19-11-3)99-81(105-87)94-68-52-44-36-28-20-12-4)74-57-61-76(62-58-74)113-73-114-77-63-59-75(60-64-77)112(88-106-82(95-69-53-45-37-29-21-13-5)100-83(107-88)96-70-54-46-38-30-22-14-6)89-108-84(97-71-55-47-39-31-23-15-7)101-85(109-89)110(90)72-56-48-40-32-24-16-8/h57-64H,9-56,65-73,90H2,1-8H3,(H,97,101,108,109)(H2,91,92,98,102,103)(H2,93,94,99,104,105)(H2,95,96,100,106,107). The zero-order chi connectivity index (χ0) is 80.8. The molecule has 25 nitrogen and oxygen atoms in total. The van der Waals surface area contributed by atoms with E-state index in [1.54, 1.807) is 5.01 Å². The van der Waals surface area contributed by atoms with Crippen molar-refractivity contribution < 1.29 is 9.47 Å². The first-order chi connectivity index (χ1) is 56.2. The minimum absolute atomic E-state index is 0.0836. The van der Waals surface area contributed by atoms with Crippen LogP contribution in [0.3, 0.4) is 0 Å². The Balaban J connectivity index is 1.36. The van der Waals surface area contributed by atoms with E-state index in [4.69, 9.17) is 75.1 Å². The molecule has 638 valence electrons. The van der Waals surface area contributed by atoms with Gasteiger partial charge in [0.2, 0.25) is 78.2 Å². The Bertz CT molecular complexity index is 3140. The molecule has 0 aliphatic heterocycles. The molecule has 0 bridgehead atoms. The van der Waals surface area contributed by atoms with Gasteiger partial charge in [-0.25, -0.2) is 15.6 Å². The molecule has 0 radical (unpaired) electrons. The number of hydrogen-bond acceptors (Lipinski definition) is 25. The summed E-state index contributed by atoms with van der Waals surface area (Å²) >= 11 is 0. The van der Waals surface area contributed by atoms with E-state index in [2.05, 4.69) is 92.6 Å². The number of unbranched alkanes of at least 4 members (excludes halogenated alkanes) is 40. The van der Waals surface area contributed by atoms with Crippen molar-refractivity contribution >= 4 is 82.8 Å². The van der Waals surface area contributed by atoms with Gasteiger partial charge in [-0.05, 0) is 99.9 Å². The molecule has 0 aliphatic carbocycles. The molecular formula is C89H155N23O2. The van der Waals surface area contributed by atoms with Crippen LogP contribution >= 0.6 is 0 Å². The van der Waals surface area contributed by atoms with Crippen molar-refractivity contribution in [3.63, 3.8) is 0 Å². The van der Waals surface area contributed by atoms with Crippen LogP contribution < -0.4 is 67.3 Å². The monoisotopic (exact) mass is 1580 g/mol. The van der Waals surface area contributed by atoms with E-state index in [9.17, 15) is 0 Å². The summed E-state index contributed by atoms with van der Waals surface area (Å²) in [6.45, 7) is 23.6. The zero-order valence-electron chi connectivity index (χ0n) is 72.5. The number of nitrogens with one attached hydrogen (secondary N) is 7. The fourth-order valence-corrected chi connectivity index (χ4v) is 13.6. The van der Waals surface area contributed by atoms with Crippen LogP contribution in [-0.2, 0) is 0 Å². The maximum atomic E-state index is 6.97. The second-order valence-electron chi connectivity index (χ2n) is 31.0. The van der Waals surface area contributed by atoms with E-state index < -0.39 is 0 Å². The number of nitrogens with zero attached hydrogens (tertiary/aromatic N) is 15. The van der Waals surface area contributed by atoms with Gasteiger partial charge in [-0.1, -0.05) is 312 Å².